The zero-order valence-electron chi connectivity index (χ0n) is 26.8. The molecule has 13 heteroatoms. The monoisotopic (exact) mass is 690 g/mol. The minimum Gasteiger partial charge on any atom is -0.490 e. The highest BCUT2D eigenvalue weighted by molar-refractivity contribution is 6.31. The molecular weight excluding hydrogens is 644 g/mol. The number of aliphatic hydroxyl groups excluding tert-OH is 4. The van der Waals surface area contributed by atoms with E-state index in [1.165, 1.54) is 12.8 Å². The smallest absolute Gasteiger partial charge is 0.320 e. The Morgan fingerprint density at radius 3 is 2.00 bits per heavy atom. The molecule has 2 aromatic rings. The van der Waals surface area contributed by atoms with Crippen molar-refractivity contribution in [1.29, 1.82) is 0 Å². The molecule has 48 heavy (non-hydrogen) atoms. The van der Waals surface area contributed by atoms with Crippen molar-refractivity contribution in [3.8, 4) is 5.75 Å². The number of nitrogens with one attached hydrogen (secondary N) is 2. The van der Waals surface area contributed by atoms with Crippen LogP contribution in [0.2, 0.25) is 5.02 Å². The third-order valence-electron chi connectivity index (χ3n) is 8.70. The summed E-state index contributed by atoms with van der Waals surface area (Å²) in [4.78, 5) is 20.3. The van der Waals surface area contributed by atoms with Crippen LogP contribution >= 0.6 is 11.6 Å². The summed E-state index contributed by atoms with van der Waals surface area (Å²) in [5, 5.41) is 62.9. The number of carboxylic acids is 2. The topological polar surface area (TPSA) is 198 Å². The predicted molar refractivity (Wildman–Crippen MR) is 178 cm³/mol. The molecular formula is C35H47ClN2O10. The van der Waals surface area contributed by atoms with Crippen molar-refractivity contribution in [2.75, 3.05) is 26.3 Å². The summed E-state index contributed by atoms with van der Waals surface area (Å²) in [7, 11) is 0. The first-order valence-corrected chi connectivity index (χ1v) is 16.8. The molecule has 7 atom stereocenters. The third-order valence-corrected chi connectivity index (χ3v) is 9.07. The van der Waals surface area contributed by atoms with Crippen LogP contribution in [0.25, 0.3) is 0 Å². The minimum absolute atomic E-state index is 0.269. The van der Waals surface area contributed by atoms with Gasteiger partial charge in [-0.3, -0.25) is 9.59 Å². The number of halogens is 1. The lowest BCUT2D eigenvalue weighted by Crippen LogP contribution is -2.55. The highest BCUT2D eigenvalue weighted by atomic mass is 35.5. The summed E-state index contributed by atoms with van der Waals surface area (Å²) in [6.45, 7) is 1.81. The number of allylic oxidation sites excluding steroid dienone is 1. The average molecular weight is 691 g/mol. The van der Waals surface area contributed by atoms with Crippen LogP contribution in [0.1, 0.15) is 61.3 Å². The molecule has 3 heterocycles. The fraction of sp³-hybridized carbons (Fsp3) is 0.543. The molecule has 0 radical (unpaired) electrons. The van der Waals surface area contributed by atoms with E-state index in [-0.39, 0.29) is 12.1 Å². The van der Waals surface area contributed by atoms with E-state index in [4.69, 9.17) is 31.3 Å². The summed E-state index contributed by atoms with van der Waals surface area (Å²) < 4.78 is 11.4. The zero-order valence-corrected chi connectivity index (χ0v) is 27.5. The van der Waals surface area contributed by atoms with Gasteiger partial charge in [0.1, 0.15) is 55.0 Å². The number of ether oxygens (including phenoxy) is 2. The Bertz CT molecular complexity index is 1320. The number of carbonyl (C=O) groups is 2. The lowest BCUT2D eigenvalue weighted by molar-refractivity contribution is -0.231. The molecule has 1 saturated carbocycles. The molecule has 0 aromatic heterocycles. The second-order valence-electron chi connectivity index (χ2n) is 12.5. The van der Waals surface area contributed by atoms with E-state index in [0.717, 1.165) is 61.6 Å². The molecule has 0 spiro atoms. The van der Waals surface area contributed by atoms with Gasteiger partial charge in [0.2, 0.25) is 0 Å². The Balaban J connectivity index is 0.000000264. The van der Waals surface area contributed by atoms with Crippen molar-refractivity contribution in [2.45, 2.75) is 87.5 Å². The second-order valence-corrected chi connectivity index (χ2v) is 12.9. The molecule has 0 unspecified atom stereocenters. The van der Waals surface area contributed by atoms with E-state index < -0.39 is 49.1 Å². The first-order chi connectivity index (χ1) is 23.1. The predicted octanol–water partition coefficient (Wildman–Crippen LogP) is 2.44. The van der Waals surface area contributed by atoms with Gasteiger partial charge in [0, 0.05) is 5.02 Å². The maximum atomic E-state index is 10.4. The Morgan fingerprint density at radius 1 is 0.875 bits per heavy atom. The van der Waals surface area contributed by atoms with Crippen molar-refractivity contribution >= 4 is 23.5 Å². The number of carboxylic acid groups (broad SMARTS) is 2. The zero-order chi connectivity index (χ0) is 34.6. The summed E-state index contributed by atoms with van der Waals surface area (Å²) in [6, 6.07) is 12.5. The van der Waals surface area contributed by atoms with Gasteiger partial charge < -0.3 is 50.7 Å². The Labute approximate surface area is 285 Å². The van der Waals surface area contributed by atoms with Crippen LogP contribution in [0.3, 0.4) is 0 Å². The van der Waals surface area contributed by atoms with Crippen molar-refractivity contribution in [3.05, 3.63) is 76.3 Å². The van der Waals surface area contributed by atoms with Gasteiger partial charge in [0.15, 0.2) is 0 Å². The van der Waals surface area contributed by atoms with Crippen LogP contribution in [0, 0.1) is 5.92 Å². The standard InChI is InChI=1S/C25H29ClO6.2C5H9NO2/c26-20-10-7-17(25-24(30)23(29)22(28)21(14-27)32-25)13-18(20)12-16-5-8-19(9-6-16)31-11-1-2-15-3-4-15;2*7-5(8)4-2-1-3-6-4/h1-2,5-10,13,15,21-25,27-30H,3-4,11-12,14H2;2*4,6H,1-3H2,(H,7,8)/b2-1+;;/t21-,22-,23+,24-,25+;2*4-/m100/s1. The summed E-state index contributed by atoms with van der Waals surface area (Å²) in [5.74, 6) is 0.102. The van der Waals surface area contributed by atoms with Gasteiger partial charge in [0.05, 0.1) is 6.61 Å². The fourth-order valence-corrected chi connectivity index (χ4v) is 5.86. The van der Waals surface area contributed by atoms with Gasteiger partial charge in [-0.15, -0.1) is 0 Å². The molecule has 4 aliphatic rings. The SMILES string of the molecule is O=C(O)[C@@H]1CCCN1.O=C(O)[C@@H]1CCCN1.OC[C@H]1O[C@@H](c2ccc(Cl)c(Cc3ccc(OC/C=C/C4CC4)cc3)c2)[C@H](O)[C@@H](O)[C@@H]1O. The van der Waals surface area contributed by atoms with E-state index in [1.807, 2.05) is 30.3 Å². The molecule has 3 saturated heterocycles. The number of benzene rings is 2. The van der Waals surface area contributed by atoms with Crippen LogP contribution in [-0.2, 0) is 20.7 Å². The number of rotatable bonds is 10. The molecule has 4 fully saturated rings. The van der Waals surface area contributed by atoms with Crippen LogP contribution in [0.4, 0.5) is 0 Å². The largest absolute Gasteiger partial charge is 0.490 e. The van der Waals surface area contributed by atoms with Gasteiger partial charge in [-0.1, -0.05) is 48.0 Å². The third kappa shape index (κ3) is 11.2. The number of aliphatic hydroxyl groups is 4. The van der Waals surface area contributed by atoms with Gasteiger partial charge in [0.25, 0.3) is 0 Å². The first-order valence-electron chi connectivity index (χ1n) is 16.5. The van der Waals surface area contributed by atoms with Gasteiger partial charge >= 0.3 is 11.9 Å². The van der Waals surface area contributed by atoms with E-state index in [1.54, 1.807) is 12.1 Å². The first kappa shape index (κ1) is 37.7. The second kappa shape index (κ2) is 18.6. The maximum absolute atomic E-state index is 10.4. The van der Waals surface area contributed by atoms with Crippen molar-refractivity contribution in [3.63, 3.8) is 0 Å². The lowest BCUT2D eigenvalue weighted by atomic mass is 9.90. The minimum atomic E-state index is -1.42. The summed E-state index contributed by atoms with van der Waals surface area (Å²) in [6.07, 6.45) is 4.99. The number of aliphatic carboxylic acids is 2. The number of hydrogen-bond donors (Lipinski definition) is 8. The molecule has 6 rings (SSSR count). The molecule has 8 N–H and O–H groups in total. The molecule has 1 aliphatic carbocycles. The summed E-state index contributed by atoms with van der Waals surface area (Å²) in [5.41, 5.74) is 2.49. The number of hydrogen-bond acceptors (Lipinski definition) is 10. The van der Waals surface area contributed by atoms with Crippen LogP contribution in [0.15, 0.2) is 54.6 Å². The molecule has 2 aromatic carbocycles. The Morgan fingerprint density at radius 2 is 1.50 bits per heavy atom. The van der Waals surface area contributed by atoms with Crippen molar-refractivity contribution in [2.24, 2.45) is 5.92 Å². The Hall–Kier alpha value is -3.07. The molecule has 0 amide bonds. The quantitative estimate of drug-likeness (QED) is 0.170. The molecule has 264 valence electrons. The molecule has 3 aliphatic heterocycles. The van der Waals surface area contributed by atoms with Gasteiger partial charge in [-0.25, -0.2) is 0 Å². The van der Waals surface area contributed by atoms with Crippen LogP contribution in [-0.4, -0.2) is 105 Å². The van der Waals surface area contributed by atoms with Crippen LogP contribution < -0.4 is 15.4 Å². The molecule has 0 bridgehead atoms. The van der Waals surface area contributed by atoms with E-state index >= 15 is 0 Å². The normalized spacial score (nSPS) is 28.2. The van der Waals surface area contributed by atoms with E-state index in [9.17, 15) is 30.0 Å². The summed E-state index contributed by atoms with van der Waals surface area (Å²) >= 11 is 6.41. The van der Waals surface area contributed by atoms with Crippen LogP contribution in [0.5, 0.6) is 5.75 Å². The highest BCUT2D eigenvalue weighted by Gasteiger charge is 2.44. The average Bonchev–Trinajstić information content (AvgIpc) is 3.48. The van der Waals surface area contributed by atoms with E-state index in [0.29, 0.717) is 23.6 Å². The Kier molecular flexibility index (Phi) is 14.6. The lowest BCUT2D eigenvalue weighted by Gasteiger charge is -2.40. The molecule has 12 nitrogen and oxygen atoms in total. The maximum Gasteiger partial charge on any atom is 0.320 e. The fourth-order valence-electron chi connectivity index (χ4n) is 5.68. The highest BCUT2D eigenvalue weighted by Crippen LogP contribution is 2.34. The van der Waals surface area contributed by atoms with Gasteiger partial charge in [-0.2, -0.15) is 0 Å². The van der Waals surface area contributed by atoms with Gasteiger partial charge in [-0.05, 0) is 98.8 Å². The van der Waals surface area contributed by atoms with E-state index in [2.05, 4.69) is 22.8 Å². The van der Waals surface area contributed by atoms with Crippen molar-refractivity contribution < 1.29 is 49.7 Å². The van der Waals surface area contributed by atoms with Crippen molar-refractivity contribution in [1.82, 2.24) is 10.6 Å².